The molecule has 174 valence electrons. The molecule has 0 unspecified atom stereocenters. The van der Waals surface area contributed by atoms with E-state index in [-0.39, 0.29) is 23.8 Å². The quantitative estimate of drug-likeness (QED) is 0.342. The molecule has 2 aromatic carbocycles. The second kappa shape index (κ2) is 11.0. The maximum atomic E-state index is 12.2. The Labute approximate surface area is 191 Å². The number of aromatic nitrogens is 2. The molecule has 0 radical (unpaired) electrons. The van der Waals surface area contributed by atoms with E-state index >= 15 is 0 Å². The summed E-state index contributed by atoms with van der Waals surface area (Å²) in [6.45, 7) is 6.66. The number of nitrogens with zero attached hydrogens (tertiary/aromatic N) is 3. The second-order valence-electron chi connectivity index (χ2n) is 7.06. The lowest BCUT2D eigenvalue weighted by Crippen LogP contribution is -2.19. The van der Waals surface area contributed by atoms with E-state index in [2.05, 4.69) is 10.4 Å². The van der Waals surface area contributed by atoms with Crippen LogP contribution in [0.25, 0.3) is 0 Å². The third-order valence-electron chi connectivity index (χ3n) is 4.57. The van der Waals surface area contributed by atoms with Crippen molar-refractivity contribution < 1.29 is 23.9 Å². The smallest absolute Gasteiger partial charge is 0.309 e. The minimum Gasteiger partial charge on any atom is -0.490 e. The van der Waals surface area contributed by atoms with Gasteiger partial charge in [0.2, 0.25) is 5.91 Å². The fourth-order valence-electron chi connectivity index (χ4n) is 3.10. The molecule has 10 nitrogen and oxygen atoms in total. The van der Waals surface area contributed by atoms with Gasteiger partial charge in [0, 0.05) is 5.69 Å². The summed E-state index contributed by atoms with van der Waals surface area (Å²) >= 11 is 0. The van der Waals surface area contributed by atoms with Gasteiger partial charge in [0.1, 0.15) is 30.8 Å². The van der Waals surface area contributed by atoms with Gasteiger partial charge in [-0.25, -0.2) is 0 Å². The number of hydrogen-bond acceptors (Lipinski definition) is 7. The molecule has 0 bridgehead atoms. The van der Waals surface area contributed by atoms with E-state index in [1.54, 1.807) is 24.3 Å². The van der Waals surface area contributed by atoms with E-state index in [1.807, 2.05) is 32.0 Å². The van der Waals surface area contributed by atoms with Crippen molar-refractivity contribution in [2.24, 2.45) is 0 Å². The summed E-state index contributed by atoms with van der Waals surface area (Å²) in [5.74, 6) is 1.66. The first kappa shape index (κ1) is 23.6. The molecule has 0 atom stereocenters. The lowest BCUT2D eigenvalue weighted by atomic mass is 10.2. The number of nitrogens with one attached hydrogen (secondary N) is 1. The van der Waals surface area contributed by atoms with Crippen LogP contribution in [0, 0.1) is 17.0 Å². The molecule has 0 aliphatic carbocycles. The van der Waals surface area contributed by atoms with Gasteiger partial charge in [0.15, 0.2) is 11.5 Å². The van der Waals surface area contributed by atoms with Gasteiger partial charge in [-0.2, -0.15) is 5.10 Å². The molecule has 0 saturated carbocycles. The van der Waals surface area contributed by atoms with Crippen molar-refractivity contribution in [3.8, 4) is 17.2 Å². The van der Waals surface area contributed by atoms with Gasteiger partial charge in [0.05, 0.1) is 18.1 Å². The molecule has 0 aliphatic rings. The molecule has 0 aliphatic heterocycles. The lowest BCUT2D eigenvalue weighted by molar-refractivity contribution is -0.385. The SMILES string of the molecule is CCOc1ccc(COc2ccc(NC(=O)Cn3cc([N+](=O)[O-])c(C)n3)cc2)cc1OCC. The molecule has 1 aromatic heterocycles. The van der Waals surface area contributed by atoms with Crippen molar-refractivity contribution in [3.05, 3.63) is 70.0 Å². The van der Waals surface area contributed by atoms with Crippen molar-refractivity contribution in [2.45, 2.75) is 33.9 Å². The van der Waals surface area contributed by atoms with Crippen LogP contribution < -0.4 is 19.5 Å². The maximum Gasteiger partial charge on any atom is 0.309 e. The number of benzene rings is 2. The highest BCUT2D eigenvalue weighted by molar-refractivity contribution is 5.90. The van der Waals surface area contributed by atoms with Crippen molar-refractivity contribution in [1.82, 2.24) is 9.78 Å². The number of rotatable bonds is 11. The number of carbonyl (C=O) groups is 1. The van der Waals surface area contributed by atoms with E-state index in [9.17, 15) is 14.9 Å². The minimum atomic E-state index is -0.527. The maximum absolute atomic E-state index is 12.2. The Morgan fingerprint density at radius 3 is 2.39 bits per heavy atom. The normalized spacial score (nSPS) is 10.5. The van der Waals surface area contributed by atoms with E-state index < -0.39 is 4.92 Å². The zero-order valence-electron chi connectivity index (χ0n) is 18.7. The molecule has 0 spiro atoms. The fraction of sp³-hybridized carbons (Fsp3) is 0.304. The first-order chi connectivity index (χ1) is 15.9. The number of anilines is 1. The Balaban J connectivity index is 1.55. The van der Waals surface area contributed by atoms with Gasteiger partial charge >= 0.3 is 5.69 Å². The lowest BCUT2D eigenvalue weighted by Gasteiger charge is -2.13. The van der Waals surface area contributed by atoms with Crippen LogP contribution in [0.1, 0.15) is 25.1 Å². The number of ether oxygens (including phenoxy) is 3. The Hall–Kier alpha value is -4.08. The Morgan fingerprint density at radius 2 is 1.76 bits per heavy atom. The first-order valence-corrected chi connectivity index (χ1v) is 10.5. The summed E-state index contributed by atoms with van der Waals surface area (Å²) < 4.78 is 18.3. The van der Waals surface area contributed by atoms with Crippen LogP contribution >= 0.6 is 0 Å². The Kier molecular flexibility index (Phi) is 7.85. The number of hydrogen-bond donors (Lipinski definition) is 1. The average molecular weight is 454 g/mol. The average Bonchev–Trinajstić information content (AvgIpc) is 3.15. The van der Waals surface area contributed by atoms with Crippen LogP contribution in [0.2, 0.25) is 0 Å². The van der Waals surface area contributed by atoms with Gasteiger partial charge in [-0.05, 0) is 62.7 Å². The van der Waals surface area contributed by atoms with Crippen LogP contribution in [-0.2, 0) is 17.9 Å². The first-order valence-electron chi connectivity index (χ1n) is 10.5. The molecule has 33 heavy (non-hydrogen) atoms. The summed E-state index contributed by atoms with van der Waals surface area (Å²) in [6.07, 6.45) is 1.24. The van der Waals surface area contributed by atoms with Gasteiger partial charge in [0.25, 0.3) is 0 Å². The summed E-state index contributed by atoms with van der Waals surface area (Å²) in [5, 5.41) is 17.6. The highest BCUT2D eigenvalue weighted by Crippen LogP contribution is 2.29. The number of amides is 1. The van der Waals surface area contributed by atoms with Gasteiger partial charge in [-0.15, -0.1) is 0 Å². The van der Waals surface area contributed by atoms with E-state index in [1.165, 1.54) is 17.8 Å². The Morgan fingerprint density at radius 1 is 1.06 bits per heavy atom. The predicted molar refractivity (Wildman–Crippen MR) is 122 cm³/mol. The van der Waals surface area contributed by atoms with Crippen molar-refractivity contribution in [2.75, 3.05) is 18.5 Å². The predicted octanol–water partition coefficient (Wildman–Crippen LogP) is 4.11. The Bertz CT molecular complexity index is 1110. The van der Waals surface area contributed by atoms with Crippen LogP contribution in [0.3, 0.4) is 0 Å². The third-order valence-corrected chi connectivity index (χ3v) is 4.57. The standard InChI is InChI=1S/C23H26N4O6/c1-4-31-21-11-6-17(12-22(21)32-5-2)15-33-19-9-7-18(8-10-19)24-23(28)14-26-13-20(27(29)30)16(3)25-26/h6-13H,4-5,14-15H2,1-3H3,(H,24,28). The van der Waals surface area contributed by atoms with Crippen molar-refractivity contribution >= 4 is 17.3 Å². The van der Waals surface area contributed by atoms with Crippen LogP contribution in [0.15, 0.2) is 48.7 Å². The van der Waals surface area contributed by atoms with Crippen LogP contribution in [0.5, 0.6) is 17.2 Å². The number of aryl methyl sites for hydroxylation is 1. The highest BCUT2D eigenvalue weighted by atomic mass is 16.6. The zero-order chi connectivity index (χ0) is 23.8. The molecule has 3 aromatic rings. The summed E-state index contributed by atoms with van der Waals surface area (Å²) in [4.78, 5) is 22.6. The van der Waals surface area contributed by atoms with Crippen LogP contribution in [0.4, 0.5) is 11.4 Å². The number of nitro groups is 1. The second-order valence-corrected chi connectivity index (χ2v) is 7.06. The molecule has 1 N–H and O–H groups in total. The van der Waals surface area contributed by atoms with Crippen molar-refractivity contribution in [1.29, 1.82) is 0 Å². The number of carbonyl (C=O) groups excluding carboxylic acids is 1. The van der Waals surface area contributed by atoms with E-state index in [0.29, 0.717) is 42.8 Å². The van der Waals surface area contributed by atoms with Crippen LogP contribution in [-0.4, -0.2) is 33.8 Å². The van der Waals surface area contributed by atoms with Gasteiger partial charge in [-0.3, -0.25) is 19.6 Å². The molecule has 0 saturated heterocycles. The highest BCUT2D eigenvalue weighted by Gasteiger charge is 2.16. The molecule has 10 heteroatoms. The van der Waals surface area contributed by atoms with E-state index in [4.69, 9.17) is 14.2 Å². The fourth-order valence-corrected chi connectivity index (χ4v) is 3.10. The molecule has 1 heterocycles. The minimum absolute atomic E-state index is 0.120. The van der Waals surface area contributed by atoms with E-state index in [0.717, 1.165) is 5.56 Å². The largest absolute Gasteiger partial charge is 0.490 e. The van der Waals surface area contributed by atoms with Gasteiger partial charge < -0.3 is 19.5 Å². The zero-order valence-corrected chi connectivity index (χ0v) is 18.7. The molecule has 0 fully saturated rings. The monoisotopic (exact) mass is 454 g/mol. The summed E-state index contributed by atoms with van der Waals surface area (Å²) in [7, 11) is 0. The molecular formula is C23H26N4O6. The van der Waals surface area contributed by atoms with Gasteiger partial charge in [-0.1, -0.05) is 6.07 Å². The summed E-state index contributed by atoms with van der Waals surface area (Å²) in [6, 6.07) is 12.6. The third kappa shape index (κ3) is 6.45. The summed E-state index contributed by atoms with van der Waals surface area (Å²) in [5.41, 5.74) is 1.65. The molecular weight excluding hydrogens is 428 g/mol. The molecule has 3 rings (SSSR count). The van der Waals surface area contributed by atoms with Crippen molar-refractivity contribution in [3.63, 3.8) is 0 Å². The molecule has 1 amide bonds. The topological polar surface area (TPSA) is 118 Å².